The zero-order valence-corrected chi connectivity index (χ0v) is 11.8. The van der Waals surface area contributed by atoms with Gasteiger partial charge in [0, 0.05) is 12.1 Å². The van der Waals surface area contributed by atoms with E-state index in [4.69, 9.17) is 0 Å². The molecule has 2 heteroatoms. The molecular weight excluding hydrogens is 237 g/mol. The third-order valence-electron chi connectivity index (χ3n) is 3.43. The van der Waals surface area contributed by atoms with Crippen LogP contribution >= 0.6 is 0 Å². The van der Waals surface area contributed by atoms with E-state index in [0.717, 1.165) is 24.2 Å². The first-order chi connectivity index (χ1) is 9.11. The van der Waals surface area contributed by atoms with Crippen LogP contribution in [0.4, 0.5) is 4.39 Å². The van der Waals surface area contributed by atoms with Gasteiger partial charge >= 0.3 is 0 Å². The van der Waals surface area contributed by atoms with Gasteiger partial charge < -0.3 is 5.32 Å². The summed E-state index contributed by atoms with van der Waals surface area (Å²) in [5.74, 6) is -0.163. The highest BCUT2D eigenvalue weighted by Gasteiger charge is 2.07. The SMILES string of the molecule is CCNCc1ccc(F)c(-c2ccc(C)c(C)c2)c1. The van der Waals surface area contributed by atoms with Crippen LogP contribution in [0.15, 0.2) is 36.4 Å². The first-order valence-corrected chi connectivity index (χ1v) is 6.68. The van der Waals surface area contributed by atoms with Gasteiger partial charge in [0.15, 0.2) is 0 Å². The first kappa shape index (κ1) is 13.8. The van der Waals surface area contributed by atoms with Gasteiger partial charge in [-0.3, -0.25) is 0 Å². The number of aryl methyl sites for hydroxylation is 2. The molecule has 0 spiro atoms. The molecule has 0 aliphatic rings. The lowest BCUT2D eigenvalue weighted by Gasteiger charge is -2.09. The van der Waals surface area contributed by atoms with E-state index in [2.05, 4.69) is 26.1 Å². The number of hydrogen-bond acceptors (Lipinski definition) is 1. The molecule has 0 fully saturated rings. The summed E-state index contributed by atoms with van der Waals surface area (Å²) >= 11 is 0. The molecule has 0 aliphatic carbocycles. The summed E-state index contributed by atoms with van der Waals surface area (Å²) < 4.78 is 14.0. The molecule has 0 radical (unpaired) electrons. The maximum Gasteiger partial charge on any atom is 0.131 e. The maximum atomic E-state index is 14.0. The van der Waals surface area contributed by atoms with Gasteiger partial charge in [0.25, 0.3) is 0 Å². The summed E-state index contributed by atoms with van der Waals surface area (Å²) in [5, 5.41) is 3.26. The minimum Gasteiger partial charge on any atom is -0.313 e. The molecule has 0 bridgehead atoms. The fraction of sp³-hybridized carbons (Fsp3) is 0.294. The minimum atomic E-state index is -0.163. The second-order valence-corrected chi connectivity index (χ2v) is 4.89. The lowest BCUT2D eigenvalue weighted by Crippen LogP contribution is -2.11. The molecule has 0 saturated heterocycles. The lowest BCUT2D eigenvalue weighted by molar-refractivity contribution is 0.629. The van der Waals surface area contributed by atoms with Gasteiger partial charge in [0.1, 0.15) is 5.82 Å². The number of hydrogen-bond donors (Lipinski definition) is 1. The van der Waals surface area contributed by atoms with Crippen LogP contribution in [0.25, 0.3) is 11.1 Å². The van der Waals surface area contributed by atoms with Gasteiger partial charge in [0.05, 0.1) is 0 Å². The van der Waals surface area contributed by atoms with Crippen LogP contribution in [0.2, 0.25) is 0 Å². The number of halogens is 1. The highest BCUT2D eigenvalue weighted by Crippen LogP contribution is 2.26. The van der Waals surface area contributed by atoms with Crippen LogP contribution in [0.1, 0.15) is 23.6 Å². The molecule has 0 amide bonds. The molecule has 0 saturated carbocycles. The molecule has 2 aromatic rings. The highest BCUT2D eigenvalue weighted by atomic mass is 19.1. The van der Waals surface area contributed by atoms with E-state index in [1.807, 2.05) is 30.3 Å². The van der Waals surface area contributed by atoms with Gasteiger partial charge in [-0.1, -0.05) is 31.2 Å². The molecule has 19 heavy (non-hydrogen) atoms. The van der Waals surface area contributed by atoms with Crippen molar-refractivity contribution >= 4 is 0 Å². The van der Waals surface area contributed by atoms with E-state index < -0.39 is 0 Å². The fourth-order valence-corrected chi connectivity index (χ4v) is 2.08. The van der Waals surface area contributed by atoms with Gasteiger partial charge in [0.2, 0.25) is 0 Å². The van der Waals surface area contributed by atoms with E-state index >= 15 is 0 Å². The summed E-state index contributed by atoms with van der Waals surface area (Å²) in [6.07, 6.45) is 0. The zero-order chi connectivity index (χ0) is 13.8. The van der Waals surface area contributed by atoms with Crippen LogP contribution in [0.3, 0.4) is 0 Å². The van der Waals surface area contributed by atoms with Crippen molar-refractivity contribution in [3.05, 3.63) is 58.9 Å². The summed E-state index contributed by atoms with van der Waals surface area (Å²) in [6, 6.07) is 11.4. The fourth-order valence-electron chi connectivity index (χ4n) is 2.08. The predicted octanol–water partition coefficient (Wildman–Crippen LogP) is 4.22. The largest absolute Gasteiger partial charge is 0.313 e. The molecular formula is C17H20FN. The van der Waals surface area contributed by atoms with Crippen molar-refractivity contribution in [1.82, 2.24) is 5.32 Å². The van der Waals surface area contributed by atoms with Crippen molar-refractivity contribution in [2.24, 2.45) is 0 Å². The van der Waals surface area contributed by atoms with Gasteiger partial charge in [-0.05, 0) is 54.8 Å². The Hall–Kier alpha value is -1.67. The third-order valence-corrected chi connectivity index (χ3v) is 3.43. The topological polar surface area (TPSA) is 12.0 Å². The monoisotopic (exact) mass is 257 g/mol. The number of nitrogens with one attached hydrogen (secondary N) is 1. The number of benzene rings is 2. The average molecular weight is 257 g/mol. The Bertz CT molecular complexity index is 575. The van der Waals surface area contributed by atoms with Crippen molar-refractivity contribution in [2.45, 2.75) is 27.3 Å². The van der Waals surface area contributed by atoms with E-state index in [-0.39, 0.29) is 5.82 Å². The van der Waals surface area contributed by atoms with Crippen molar-refractivity contribution in [3.63, 3.8) is 0 Å². The van der Waals surface area contributed by atoms with Crippen molar-refractivity contribution < 1.29 is 4.39 Å². The third kappa shape index (κ3) is 3.21. The van der Waals surface area contributed by atoms with Crippen LogP contribution in [0.5, 0.6) is 0 Å². The average Bonchev–Trinajstić information content (AvgIpc) is 2.41. The zero-order valence-electron chi connectivity index (χ0n) is 11.8. The maximum absolute atomic E-state index is 14.0. The molecule has 0 heterocycles. The van der Waals surface area contributed by atoms with Crippen LogP contribution in [0, 0.1) is 19.7 Å². The van der Waals surface area contributed by atoms with E-state index in [1.165, 1.54) is 11.1 Å². The predicted molar refractivity (Wildman–Crippen MR) is 78.7 cm³/mol. The highest BCUT2D eigenvalue weighted by molar-refractivity contribution is 5.66. The summed E-state index contributed by atoms with van der Waals surface area (Å²) in [5.41, 5.74) is 5.15. The molecule has 0 unspecified atom stereocenters. The van der Waals surface area contributed by atoms with E-state index in [0.29, 0.717) is 5.56 Å². The Balaban J connectivity index is 2.39. The first-order valence-electron chi connectivity index (χ1n) is 6.68. The lowest BCUT2D eigenvalue weighted by atomic mass is 9.98. The van der Waals surface area contributed by atoms with Gasteiger partial charge in [-0.2, -0.15) is 0 Å². The Labute approximate surface area is 114 Å². The Morgan fingerprint density at radius 1 is 1.00 bits per heavy atom. The summed E-state index contributed by atoms with van der Waals surface area (Å²) in [7, 11) is 0. The Kier molecular flexibility index (Phi) is 4.33. The quantitative estimate of drug-likeness (QED) is 0.864. The molecule has 0 atom stereocenters. The molecule has 2 aromatic carbocycles. The van der Waals surface area contributed by atoms with Crippen molar-refractivity contribution in [2.75, 3.05) is 6.54 Å². The molecule has 2 rings (SSSR count). The summed E-state index contributed by atoms with van der Waals surface area (Å²) in [6.45, 7) is 7.87. The molecule has 100 valence electrons. The number of rotatable bonds is 4. The standard InChI is InChI=1S/C17H20FN/c1-4-19-11-14-6-8-17(18)16(10-14)15-7-5-12(2)13(3)9-15/h5-10,19H,4,11H2,1-3H3. The van der Waals surface area contributed by atoms with Crippen LogP contribution < -0.4 is 5.32 Å². The van der Waals surface area contributed by atoms with E-state index in [9.17, 15) is 4.39 Å². The van der Waals surface area contributed by atoms with Crippen molar-refractivity contribution in [1.29, 1.82) is 0 Å². The van der Waals surface area contributed by atoms with Gasteiger partial charge in [-0.15, -0.1) is 0 Å². The van der Waals surface area contributed by atoms with Crippen LogP contribution in [-0.2, 0) is 6.54 Å². The Morgan fingerprint density at radius 3 is 2.47 bits per heavy atom. The van der Waals surface area contributed by atoms with Crippen LogP contribution in [-0.4, -0.2) is 6.54 Å². The molecule has 1 nitrogen and oxygen atoms in total. The second-order valence-electron chi connectivity index (χ2n) is 4.89. The second kappa shape index (κ2) is 5.98. The van der Waals surface area contributed by atoms with Gasteiger partial charge in [-0.25, -0.2) is 4.39 Å². The summed E-state index contributed by atoms with van der Waals surface area (Å²) in [4.78, 5) is 0. The van der Waals surface area contributed by atoms with Crippen molar-refractivity contribution in [3.8, 4) is 11.1 Å². The van der Waals surface area contributed by atoms with E-state index in [1.54, 1.807) is 6.07 Å². The molecule has 1 N–H and O–H groups in total. The molecule has 0 aliphatic heterocycles. The Morgan fingerprint density at radius 2 is 1.79 bits per heavy atom. The smallest absolute Gasteiger partial charge is 0.131 e. The minimum absolute atomic E-state index is 0.163. The normalized spacial score (nSPS) is 10.7. The molecule has 0 aromatic heterocycles.